The molecular formula is C14H17NO2. The van der Waals surface area contributed by atoms with Gasteiger partial charge in [-0.25, -0.2) is 0 Å². The molecule has 1 heterocycles. The van der Waals surface area contributed by atoms with Gasteiger partial charge >= 0.3 is 5.97 Å². The smallest absolute Gasteiger partial charge is 0.311 e. The van der Waals surface area contributed by atoms with Crippen LogP contribution in [0.4, 0.5) is 0 Å². The summed E-state index contributed by atoms with van der Waals surface area (Å²) in [6, 6.07) is 8.11. The highest BCUT2D eigenvalue weighted by Crippen LogP contribution is 2.50. The lowest BCUT2D eigenvalue weighted by Crippen LogP contribution is -2.38. The number of rotatable bonds is 1. The summed E-state index contributed by atoms with van der Waals surface area (Å²) in [4.78, 5) is 11.4. The second-order valence-electron chi connectivity index (χ2n) is 5.21. The molecule has 2 N–H and O–H groups in total. The van der Waals surface area contributed by atoms with Crippen LogP contribution in [0.2, 0.25) is 0 Å². The zero-order chi connectivity index (χ0) is 11.9. The number of carbonyl (C=O) groups is 1. The Bertz CT molecular complexity index is 449. The number of carboxylic acids is 1. The topological polar surface area (TPSA) is 49.3 Å². The van der Waals surface area contributed by atoms with E-state index in [1.54, 1.807) is 0 Å². The van der Waals surface area contributed by atoms with Crippen LogP contribution in [0, 0.1) is 0 Å². The van der Waals surface area contributed by atoms with E-state index in [1.807, 2.05) is 18.2 Å². The maximum atomic E-state index is 11.4. The first-order valence-electron chi connectivity index (χ1n) is 6.26. The van der Waals surface area contributed by atoms with Gasteiger partial charge in [-0.1, -0.05) is 24.3 Å². The van der Waals surface area contributed by atoms with Gasteiger partial charge < -0.3 is 10.4 Å². The highest BCUT2D eigenvalue weighted by atomic mass is 16.4. The molecular weight excluding hydrogens is 214 g/mol. The number of aliphatic carboxylic acids is 1. The molecule has 1 aromatic carbocycles. The lowest BCUT2D eigenvalue weighted by atomic mass is 9.74. The van der Waals surface area contributed by atoms with Crippen LogP contribution in [0.3, 0.4) is 0 Å². The average Bonchev–Trinajstić information content (AvgIpc) is 2.66. The molecule has 1 unspecified atom stereocenters. The molecule has 0 aromatic heterocycles. The fourth-order valence-electron chi connectivity index (χ4n) is 3.49. The van der Waals surface area contributed by atoms with Gasteiger partial charge in [-0.15, -0.1) is 0 Å². The first-order valence-corrected chi connectivity index (χ1v) is 6.26. The van der Waals surface area contributed by atoms with Crippen molar-refractivity contribution >= 4 is 5.97 Å². The summed E-state index contributed by atoms with van der Waals surface area (Å²) in [5.74, 6) is -0.975. The third-order valence-electron chi connectivity index (χ3n) is 4.36. The van der Waals surface area contributed by atoms with E-state index in [2.05, 4.69) is 11.4 Å². The minimum Gasteiger partial charge on any atom is -0.481 e. The van der Waals surface area contributed by atoms with Gasteiger partial charge in [0.1, 0.15) is 0 Å². The second-order valence-corrected chi connectivity index (χ2v) is 5.21. The van der Waals surface area contributed by atoms with Crippen LogP contribution in [-0.4, -0.2) is 24.2 Å². The largest absolute Gasteiger partial charge is 0.481 e. The van der Waals surface area contributed by atoms with Crippen LogP contribution in [0.5, 0.6) is 0 Å². The summed E-state index contributed by atoms with van der Waals surface area (Å²) in [5, 5.41) is 12.7. The third-order valence-corrected chi connectivity index (χ3v) is 4.36. The molecule has 1 aromatic rings. The van der Waals surface area contributed by atoms with E-state index in [0.29, 0.717) is 0 Å². The summed E-state index contributed by atoms with van der Waals surface area (Å²) in [7, 11) is 0. The molecule has 2 aliphatic rings. The molecule has 0 radical (unpaired) electrons. The molecule has 1 saturated heterocycles. The van der Waals surface area contributed by atoms with Crippen molar-refractivity contribution in [3.05, 3.63) is 35.4 Å². The summed E-state index contributed by atoms with van der Waals surface area (Å²) < 4.78 is 0. The van der Waals surface area contributed by atoms with Crippen molar-refractivity contribution in [2.24, 2.45) is 0 Å². The van der Waals surface area contributed by atoms with Crippen molar-refractivity contribution in [3.8, 4) is 0 Å². The average molecular weight is 231 g/mol. The monoisotopic (exact) mass is 231 g/mol. The normalized spacial score (nSPS) is 25.8. The Morgan fingerprint density at radius 1 is 1.29 bits per heavy atom. The molecule has 0 amide bonds. The fourth-order valence-corrected chi connectivity index (χ4v) is 3.49. The van der Waals surface area contributed by atoms with Gasteiger partial charge in [-0.3, -0.25) is 4.79 Å². The molecule has 1 aliphatic heterocycles. The lowest BCUT2D eigenvalue weighted by Gasteiger charge is -2.35. The molecule has 0 saturated carbocycles. The number of hydrogen-bond acceptors (Lipinski definition) is 2. The van der Waals surface area contributed by atoms with E-state index in [0.717, 1.165) is 37.9 Å². The third kappa shape index (κ3) is 1.57. The van der Waals surface area contributed by atoms with E-state index >= 15 is 0 Å². The molecule has 1 spiro atoms. The molecule has 1 atom stereocenters. The standard InChI is InChI=1S/C14H17NO2/c16-13(17)11-9-14(5-7-15-8-6-14)12-4-2-1-3-10(11)12/h1-4,11,15H,5-9H2,(H,16,17). The van der Waals surface area contributed by atoms with Crippen molar-refractivity contribution in [2.75, 3.05) is 13.1 Å². The lowest BCUT2D eigenvalue weighted by molar-refractivity contribution is -0.139. The maximum absolute atomic E-state index is 11.4. The predicted molar refractivity (Wildman–Crippen MR) is 65.2 cm³/mol. The molecule has 90 valence electrons. The van der Waals surface area contributed by atoms with Crippen LogP contribution < -0.4 is 5.32 Å². The van der Waals surface area contributed by atoms with Gasteiger partial charge in [-0.2, -0.15) is 0 Å². The Morgan fingerprint density at radius 2 is 2.00 bits per heavy atom. The van der Waals surface area contributed by atoms with Gasteiger partial charge in [0.05, 0.1) is 5.92 Å². The van der Waals surface area contributed by atoms with E-state index < -0.39 is 5.97 Å². The van der Waals surface area contributed by atoms with Crippen LogP contribution in [0.25, 0.3) is 0 Å². The molecule has 3 nitrogen and oxygen atoms in total. The molecule has 0 bridgehead atoms. The first kappa shape index (κ1) is 10.8. The van der Waals surface area contributed by atoms with E-state index in [-0.39, 0.29) is 11.3 Å². The Balaban J connectivity index is 2.07. The van der Waals surface area contributed by atoms with Crippen LogP contribution >= 0.6 is 0 Å². The number of carboxylic acid groups (broad SMARTS) is 1. The van der Waals surface area contributed by atoms with Gasteiger partial charge in [0, 0.05) is 0 Å². The highest BCUT2D eigenvalue weighted by molar-refractivity contribution is 5.78. The summed E-state index contributed by atoms with van der Waals surface area (Å²) >= 11 is 0. The highest BCUT2D eigenvalue weighted by Gasteiger charge is 2.46. The van der Waals surface area contributed by atoms with Crippen LogP contribution in [-0.2, 0) is 10.2 Å². The fraction of sp³-hybridized carbons (Fsp3) is 0.500. The van der Waals surface area contributed by atoms with Crippen LogP contribution in [0.1, 0.15) is 36.3 Å². The van der Waals surface area contributed by atoms with Crippen molar-refractivity contribution in [2.45, 2.75) is 30.6 Å². The molecule has 3 rings (SSSR count). The van der Waals surface area contributed by atoms with Gasteiger partial charge in [0.15, 0.2) is 0 Å². The molecule has 17 heavy (non-hydrogen) atoms. The van der Waals surface area contributed by atoms with Crippen molar-refractivity contribution in [1.29, 1.82) is 0 Å². The van der Waals surface area contributed by atoms with E-state index in [1.165, 1.54) is 5.56 Å². The minimum atomic E-state index is -0.673. The van der Waals surface area contributed by atoms with E-state index in [9.17, 15) is 9.90 Å². The van der Waals surface area contributed by atoms with Crippen molar-refractivity contribution in [3.63, 3.8) is 0 Å². The minimum absolute atomic E-state index is 0.116. The number of hydrogen-bond donors (Lipinski definition) is 2. The zero-order valence-electron chi connectivity index (χ0n) is 9.78. The number of nitrogens with one attached hydrogen (secondary N) is 1. The quantitative estimate of drug-likeness (QED) is 0.776. The molecule has 3 heteroatoms. The van der Waals surface area contributed by atoms with E-state index in [4.69, 9.17) is 0 Å². The zero-order valence-corrected chi connectivity index (χ0v) is 9.78. The van der Waals surface area contributed by atoms with Crippen molar-refractivity contribution < 1.29 is 9.90 Å². The Hall–Kier alpha value is -1.35. The number of benzene rings is 1. The van der Waals surface area contributed by atoms with Gasteiger partial charge in [0.2, 0.25) is 0 Å². The van der Waals surface area contributed by atoms with Crippen molar-refractivity contribution in [1.82, 2.24) is 5.32 Å². The predicted octanol–water partition coefficient (Wildman–Crippen LogP) is 1.88. The Morgan fingerprint density at radius 3 is 2.71 bits per heavy atom. The number of piperidine rings is 1. The van der Waals surface area contributed by atoms with Gasteiger partial charge in [-0.05, 0) is 48.9 Å². The summed E-state index contributed by atoms with van der Waals surface area (Å²) in [5.41, 5.74) is 2.45. The Labute approximate surface area is 101 Å². The SMILES string of the molecule is O=C(O)C1CC2(CCNCC2)c2ccccc21. The second kappa shape index (κ2) is 3.84. The number of fused-ring (bicyclic) bond motifs is 2. The molecule has 1 aliphatic carbocycles. The maximum Gasteiger partial charge on any atom is 0.311 e. The van der Waals surface area contributed by atoms with Gasteiger partial charge in [0.25, 0.3) is 0 Å². The molecule has 1 fully saturated rings. The first-order chi connectivity index (χ1) is 8.23. The Kier molecular flexibility index (Phi) is 2.44. The van der Waals surface area contributed by atoms with Crippen LogP contribution in [0.15, 0.2) is 24.3 Å². The summed E-state index contributed by atoms with van der Waals surface area (Å²) in [6.07, 6.45) is 2.91. The summed E-state index contributed by atoms with van der Waals surface area (Å²) in [6.45, 7) is 2.00.